The monoisotopic (exact) mass is 226 g/mol. The first-order valence-corrected chi connectivity index (χ1v) is 6.46. The Hall–Kier alpha value is -0.660. The lowest BCUT2D eigenvalue weighted by Crippen LogP contribution is -2.41. The molecule has 1 atom stereocenters. The summed E-state index contributed by atoms with van der Waals surface area (Å²) in [5, 5.41) is 6.22. The zero-order chi connectivity index (χ0) is 10.9. The van der Waals surface area contributed by atoms with Crippen LogP contribution in [0.1, 0.15) is 19.8 Å². The van der Waals surface area contributed by atoms with Crippen molar-refractivity contribution in [2.45, 2.75) is 25.8 Å². The van der Waals surface area contributed by atoms with E-state index in [9.17, 15) is 4.79 Å². The van der Waals surface area contributed by atoms with Gasteiger partial charge in [0.15, 0.2) is 0 Å². The van der Waals surface area contributed by atoms with E-state index in [0.717, 1.165) is 24.5 Å². The molecule has 0 aromatic rings. The van der Waals surface area contributed by atoms with Crippen molar-refractivity contribution < 1.29 is 4.79 Å². The molecule has 0 saturated carbocycles. The van der Waals surface area contributed by atoms with E-state index in [0.29, 0.717) is 19.0 Å². The lowest BCUT2D eigenvalue weighted by molar-refractivity contribution is -0.121. The maximum atomic E-state index is 11.5. The Morgan fingerprint density at radius 2 is 2.53 bits per heavy atom. The van der Waals surface area contributed by atoms with Crippen LogP contribution in [0.15, 0.2) is 0 Å². The summed E-state index contributed by atoms with van der Waals surface area (Å²) in [6, 6.07) is 0.348. The molecule has 3 nitrogen and oxygen atoms in total. The van der Waals surface area contributed by atoms with E-state index >= 15 is 0 Å². The Labute approximate surface area is 95.8 Å². The van der Waals surface area contributed by atoms with Crippen molar-refractivity contribution in [2.24, 2.45) is 0 Å². The van der Waals surface area contributed by atoms with Gasteiger partial charge in [-0.25, -0.2) is 0 Å². The number of carbonyl (C=O) groups is 1. The summed E-state index contributed by atoms with van der Waals surface area (Å²) in [4.78, 5) is 11.5. The summed E-state index contributed by atoms with van der Waals surface area (Å²) in [6.45, 7) is 3.49. The van der Waals surface area contributed by atoms with Gasteiger partial charge in [0.05, 0.1) is 0 Å². The average Bonchev–Trinajstić information content (AvgIpc) is 2.26. The van der Waals surface area contributed by atoms with Crippen LogP contribution in [-0.4, -0.2) is 36.5 Å². The number of thioether (sulfide) groups is 1. The van der Waals surface area contributed by atoms with Gasteiger partial charge in [0, 0.05) is 43.5 Å². The van der Waals surface area contributed by atoms with Gasteiger partial charge in [-0.2, -0.15) is 11.8 Å². The predicted octanol–water partition coefficient (Wildman–Crippen LogP) is 0.611. The summed E-state index contributed by atoms with van der Waals surface area (Å²) >= 11 is 1.91. The average molecular weight is 226 g/mol. The van der Waals surface area contributed by atoms with Gasteiger partial charge in [0.2, 0.25) is 5.91 Å². The maximum absolute atomic E-state index is 11.5. The SMILES string of the molecule is CC#CCCNC(=O)CC1CSCCN1. The number of amides is 1. The van der Waals surface area contributed by atoms with E-state index in [2.05, 4.69) is 22.5 Å². The highest BCUT2D eigenvalue weighted by Gasteiger charge is 2.15. The molecular weight excluding hydrogens is 208 g/mol. The third-order valence-corrected chi connectivity index (χ3v) is 3.31. The van der Waals surface area contributed by atoms with E-state index in [-0.39, 0.29) is 5.91 Å². The summed E-state index contributed by atoms with van der Waals surface area (Å²) in [5.41, 5.74) is 0. The first-order valence-electron chi connectivity index (χ1n) is 5.30. The van der Waals surface area contributed by atoms with Crippen molar-refractivity contribution in [3.8, 4) is 11.8 Å². The molecular formula is C11H18N2OS. The Morgan fingerprint density at radius 1 is 1.67 bits per heavy atom. The first kappa shape index (κ1) is 12.4. The van der Waals surface area contributed by atoms with Gasteiger partial charge in [-0.05, 0) is 6.92 Å². The molecule has 15 heavy (non-hydrogen) atoms. The standard InChI is InChI=1S/C11H18N2OS/c1-2-3-4-5-13-11(14)8-10-9-15-7-6-12-10/h10,12H,4-9H2,1H3,(H,13,14). The molecule has 4 heteroatoms. The molecule has 1 aliphatic heterocycles. The third kappa shape index (κ3) is 5.71. The number of hydrogen-bond acceptors (Lipinski definition) is 3. The minimum Gasteiger partial charge on any atom is -0.355 e. The topological polar surface area (TPSA) is 41.1 Å². The zero-order valence-electron chi connectivity index (χ0n) is 9.14. The number of rotatable bonds is 4. The fraction of sp³-hybridized carbons (Fsp3) is 0.727. The van der Waals surface area contributed by atoms with E-state index in [4.69, 9.17) is 0 Å². The van der Waals surface area contributed by atoms with E-state index in [1.165, 1.54) is 0 Å². The summed E-state index contributed by atoms with van der Waals surface area (Å²) in [6.07, 6.45) is 1.33. The Bertz CT molecular complexity index is 251. The molecule has 1 aliphatic rings. The van der Waals surface area contributed by atoms with E-state index < -0.39 is 0 Å². The smallest absolute Gasteiger partial charge is 0.221 e. The lowest BCUT2D eigenvalue weighted by atomic mass is 10.2. The van der Waals surface area contributed by atoms with E-state index in [1.807, 2.05) is 18.7 Å². The second-order valence-corrected chi connectivity index (χ2v) is 4.61. The molecule has 1 rings (SSSR count). The van der Waals surface area contributed by atoms with Gasteiger partial charge in [0.1, 0.15) is 0 Å². The molecule has 0 aromatic carbocycles. The van der Waals surface area contributed by atoms with Crippen LogP contribution in [0.3, 0.4) is 0 Å². The Balaban J connectivity index is 2.08. The van der Waals surface area contributed by atoms with Gasteiger partial charge in [-0.15, -0.1) is 11.8 Å². The van der Waals surface area contributed by atoms with Gasteiger partial charge in [-0.1, -0.05) is 0 Å². The zero-order valence-corrected chi connectivity index (χ0v) is 9.95. The molecule has 2 N–H and O–H groups in total. The molecule has 1 amide bonds. The van der Waals surface area contributed by atoms with Crippen LogP contribution in [0.5, 0.6) is 0 Å². The van der Waals surface area contributed by atoms with Gasteiger partial charge >= 0.3 is 0 Å². The molecule has 0 radical (unpaired) electrons. The highest BCUT2D eigenvalue weighted by Crippen LogP contribution is 2.09. The van der Waals surface area contributed by atoms with Crippen molar-refractivity contribution in [3.05, 3.63) is 0 Å². The number of carbonyl (C=O) groups excluding carboxylic acids is 1. The summed E-state index contributed by atoms with van der Waals surface area (Å²) in [5.74, 6) is 8.06. The quantitative estimate of drug-likeness (QED) is 0.545. The second kappa shape index (κ2) is 7.61. The minimum absolute atomic E-state index is 0.132. The summed E-state index contributed by atoms with van der Waals surface area (Å²) < 4.78 is 0. The Morgan fingerprint density at radius 3 is 3.20 bits per heavy atom. The molecule has 0 bridgehead atoms. The number of hydrogen-bond donors (Lipinski definition) is 2. The molecule has 1 heterocycles. The fourth-order valence-electron chi connectivity index (χ4n) is 1.44. The molecule has 84 valence electrons. The molecule has 1 unspecified atom stereocenters. The van der Waals surface area contributed by atoms with Crippen LogP contribution in [-0.2, 0) is 4.79 Å². The molecule has 0 aromatic heterocycles. The van der Waals surface area contributed by atoms with Gasteiger partial charge in [-0.3, -0.25) is 4.79 Å². The highest BCUT2D eigenvalue weighted by atomic mass is 32.2. The van der Waals surface area contributed by atoms with Crippen LogP contribution in [0.25, 0.3) is 0 Å². The third-order valence-electron chi connectivity index (χ3n) is 2.18. The van der Waals surface area contributed by atoms with Crippen molar-refractivity contribution in [1.82, 2.24) is 10.6 Å². The largest absolute Gasteiger partial charge is 0.355 e. The molecule has 1 fully saturated rings. The first-order chi connectivity index (χ1) is 7.33. The minimum atomic E-state index is 0.132. The molecule has 0 spiro atoms. The fourth-order valence-corrected chi connectivity index (χ4v) is 2.39. The second-order valence-electron chi connectivity index (χ2n) is 3.46. The van der Waals surface area contributed by atoms with Crippen LogP contribution in [0.4, 0.5) is 0 Å². The van der Waals surface area contributed by atoms with Crippen molar-refractivity contribution >= 4 is 17.7 Å². The van der Waals surface area contributed by atoms with E-state index in [1.54, 1.807) is 0 Å². The Kier molecular flexibility index (Phi) is 6.29. The summed E-state index contributed by atoms with van der Waals surface area (Å²) in [7, 11) is 0. The lowest BCUT2D eigenvalue weighted by Gasteiger charge is -2.22. The van der Waals surface area contributed by atoms with Crippen molar-refractivity contribution in [2.75, 3.05) is 24.6 Å². The van der Waals surface area contributed by atoms with Crippen LogP contribution < -0.4 is 10.6 Å². The van der Waals surface area contributed by atoms with Gasteiger partial charge < -0.3 is 10.6 Å². The maximum Gasteiger partial charge on any atom is 0.221 e. The van der Waals surface area contributed by atoms with Crippen LogP contribution in [0, 0.1) is 11.8 Å². The number of nitrogens with one attached hydrogen (secondary N) is 2. The van der Waals surface area contributed by atoms with Crippen molar-refractivity contribution in [3.63, 3.8) is 0 Å². The van der Waals surface area contributed by atoms with Crippen LogP contribution in [0.2, 0.25) is 0 Å². The van der Waals surface area contributed by atoms with Crippen molar-refractivity contribution in [1.29, 1.82) is 0 Å². The normalized spacial score (nSPS) is 20.2. The highest BCUT2D eigenvalue weighted by molar-refractivity contribution is 7.99. The van der Waals surface area contributed by atoms with Gasteiger partial charge in [0.25, 0.3) is 0 Å². The molecule has 0 aliphatic carbocycles. The molecule has 1 saturated heterocycles. The van der Waals surface area contributed by atoms with Crippen LogP contribution >= 0.6 is 11.8 Å². The predicted molar refractivity (Wildman–Crippen MR) is 64.8 cm³/mol.